The summed E-state index contributed by atoms with van der Waals surface area (Å²) in [6.07, 6.45) is 1.03. The van der Waals surface area contributed by atoms with Crippen LogP contribution in [-0.2, 0) is 14.8 Å². The van der Waals surface area contributed by atoms with Crippen molar-refractivity contribution < 1.29 is 22.7 Å². The molecule has 132 valence electrons. The summed E-state index contributed by atoms with van der Waals surface area (Å²) in [6, 6.07) is 11.2. The number of carbonyl (C=O) groups excluding carboxylic acids is 1. The second-order valence-electron chi connectivity index (χ2n) is 5.36. The molecule has 2 aromatic carbocycles. The molecule has 0 spiro atoms. The number of hydrogen-bond acceptors (Lipinski definition) is 5. The number of nitrogens with zero attached hydrogens (tertiary/aromatic N) is 1. The minimum absolute atomic E-state index is 0.0781. The monoisotopic (exact) mass is 382 g/mol. The van der Waals surface area contributed by atoms with Gasteiger partial charge >= 0.3 is 0 Å². The fourth-order valence-corrected chi connectivity index (χ4v) is 3.28. The summed E-state index contributed by atoms with van der Waals surface area (Å²) >= 11 is 5.80. The number of carbonyl (C=O) groups is 1. The predicted molar refractivity (Wildman–Crippen MR) is 94.8 cm³/mol. The van der Waals surface area contributed by atoms with E-state index in [-0.39, 0.29) is 13.3 Å². The van der Waals surface area contributed by atoms with Crippen LogP contribution in [0.15, 0.2) is 42.5 Å². The highest BCUT2D eigenvalue weighted by molar-refractivity contribution is 7.92. The fourth-order valence-electron chi connectivity index (χ4n) is 2.30. The molecular formula is C16H15ClN2O5S. The Bertz CT molecular complexity index is 899. The van der Waals surface area contributed by atoms with Crippen LogP contribution in [-0.4, -0.2) is 33.9 Å². The maximum atomic E-state index is 12.3. The van der Waals surface area contributed by atoms with Crippen molar-refractivity contribution in [1.29, 1.82) is 0 Å². The number of anilines is 2. The van der Waals surface area contributed by atoms with E-state index in [4.69, 9.17) is 21.1 Å². The van der Waals surface area contributed by atoms with Gasteiger partial charge in [-0.3, -0.25) is 9.10 Å². The number of sulfonamides is 1. The van der Waals surface area contributed by atoms with Crippen molar-refractivity contribution in [3.8, 4) is 11.5 Å². The van der Waals surface area contributed by atoms with Gasteiger partial charge in [-0.15, -0.1) is 0 Å². The number of halogens is 1. The van der Waals surface area contributed by atoms with Crippen molar-refractivity contribution in [1.82, 2.24) is 0 Å². The van der Waals surface area contributed by atoms with Gasteiger partial charge in [0.15, 0.2) is 11.5 Å². The lowest BCUT2D eigenvalue weighted by Gasteiger charge is -2.22. The van der Waals surface area contributed by atoms with E-state index in [2.05, 4.69) is 5.32 Å². The van der Waals surface area contributed by atoms with Gasteiger partial charge in [-0.05, 0) is 36.4 Å². The van der Waals surface area contributed by atoms with E-state index in [0.29, 0.717) is 27.9 Å². The third-order valence-electron chi connectivity index (χ3n) is 3.46. The second kappa shape index (κ2) is 6.81. The maximum Gasteiger partial charge on any atom is 0.245 e. The quantitative estimate of drug-likeness (QED) is 0.858. The van der Waals surface area contributed by atoms with Crippen molar-refractivity contribution >= 4 is 38.9 Å². The Hall–Kier alpha value is -2.45. The first-order valence-electron chi connectivity index (χ1n) is 7.26. The molecule has 0 aliphatic carbocycles. The Morgan fingerprint density at radius 1 is 1.16 bits per heavy atom. The summed E-state index contributed by atoms with van der Waals surface area (Å²) in [7, 11) is -3.67. The topological polar surface area (TPSA) is 84.9 Å². The van der Waals surface area contributed by atoms with Crippen LogP contribution in [0.3, 0.4) is 0 Å². The van der Waals surface area contributed by atoms with Gasteiger partial charge in [-0.1, -0.05) is 11.6 Å². The van der Waals surface area contributed by atoms with Gasteiger partial charge in [0, 0.05) is 16.8 Å². The molecule has 0 bridgehead atoms. The molecule has 0 fully saturated rings. The van der Waals surface area contributed by atoms with Crippen molar-refractivity contribution in [2.24, 2.45) is 0 Å². The molecule has 9 heteroatoms. The first kappa shape index (κ1) is 17.4. The first-order chi connectivity index (χ1) is 11.8. The predicted octanol–water partition coefficient (Wildman–Crippen LogP) is 2.47. The van der Waals surface area contributed by atoms with E-state index in [9.17, 15) is 13.2 Å². The Morgan fingerprint density at radius 2 is 1.84 bits per heavy atom. The zero-order valence-corrected chi connectivity index (χ0v) is 14.8. The molecule has 25 heavy (non-hydrogen) atoms. The number of benzene rings is 2. The van der Waals surface area contributed by atoms with Gasteiger partial charge in [0.05, 0.1) is 11.9 Å². The Morgan fingerprint density at radius 3 is 2.52 bits per heavy atom. The maximum absolute atomic E-state index is 12.3. The summed E-state index contributed by atoms with van der Waals surface area (Å²) in [5.41, 5.74) is 0.839. The Labute approximate surface area is 150 Å². The summed E-state index contributed by atoms with van der Waals surface area (Å²) in [6.45, 7) is -0.296. The average Bonchev–Trinajstić information content (AvgIpc) is 3.01. The van der Waals surface area contributed by atoms with Gasteiger partial charge in [-0.2, -0.15) is 0 Å². The zero-order chi connectivity index (χ0) is 18.0. The van der Waals surface area contributed by atoms with E-state index in [1.54, 1.807) is 36.4 Å². The van der Waals surface area contributed by atoms with E-state index in [1.807, 2.05) is 0 Å². The highest BCUT2D eigenvalue weighted by Gasteiger charge is 2.23. The molecule has 2 aromatic rings. The lowest BCUT2D eigenvalue weighted by Crippen LogP contribution is -2.37. The molecular weight excluding hydrogens is 368 g/mol. The highest BCUT2D eigenvalue weighted by Crippen LogP contribution is 2.36. The summed E-state index contributed by atoms with van der Waals surface area (Å²) in [4.78, 5) is 12.3. The second-order valence-corrected chi connectivity index (χ2v) is 7.71. The van der Waals surface area contributed by atoms with Crippen LogP contribution in [0, 0.1) is 0 Å². The number of amides is 1. The van der Waals surface area contributed by atoms with Crippen LogP contribution < -0.4 is 19.1 Å². The number of fused-ring (bicyclic) bond motifs is 1. The molecule has 7 nitrogen and oxygen atoms in total. The third-order valence-corrected chi connectivity index (χ3v) is 4.85. The van der Waals surface area contributed by atoms with Crippen molar-refractivity contribution in [3.05, 3.63) is 47.5 Å². The number of ether oxygens (including phenoxy) is 2. The first-order valence-corrected chi connectivity index (χ1v) is 9.48. The van der Waals surface area contributed by atoms with Gasteiger partial charge in [0.1, 0.15) is 6.54 Å². The number of hydrogen-bond donors (Lipinski definition) is 1. The molecule has 1 amide bonds. The molecule has 1 aliphatic heterocycles. The van der Waals surface area contributed by atoms with Gasteiger partial charge < -0.3 is 14.8 Å². The molecule has 3 rings (SSSR count). The lowest BCUT2D eigenvalue weighted by atomic mass is 10.2. The molecule has 0 saturated heterocycles. The van der Waals surface area contributed by atoms with Crippen LogP contribution in [0.4, 0.5) is 11.4 Å². The minimum atomic E-state index is -3.67. The van der Waals surface area contributed by atoms with Crippen LogP contribution in [0.25, 0.3) is 0 Å². The minimum Gasteiger partial charge on any atom is -0.454 e. The molecule has 0 unspecified atom stereocenters. The van der Waals surface area contributed by atoms with E-state index in [1.165, 1.54) is 6.07 Å². The molecule has 1 heterocycles. The zero-order valence-electron chi connectivity index (χ0n) is 13.2. The summed E-state index contributed by atoms with van der Waals surface area (Å²) < 4.78 is 35.7. The van der Waals surface area contributed by atoms with E-state index >= 15 is 0 Å². The van der Waals surface area contributed by atoms with Crippen LogP contribution in [0.1, 0.15) is 0 Å². The SMILES string of the molecule is CS(=O)(=O)N(CC(=O)Nc1ccc(Cl)cc1)c1ccc2c(c1)OCO2. The molecule has 0 atom stereocenters. The standard InChI is InChI=1S/C16H15ClN2O5S/c1-25(21,22)19(13-6-7-14-15(8-13)24-10-23-14)9-16(20)18-12-4-2-11(17)3-5-12/h2-8H,9-10H2,1H3,(H,18,20). The lowest BCUT2D eigenvalue weighted by molar-refractivity contribution is -0.114. The molecule has 1 N–H and O–H groups in total. The van der Waals surface area contributed by atoms with Crippen LogP contribution >= 0.6 is 11.6 Å². The van der Waals surface area contributed by atoms with Crippen molar-refractivity contribution in [2.45, 2.75) is 0 Å². The molecule has 0 radical (unpaired) electrons. The average molecular weight is 383 g/mol. The van der Waals surface area contributed by atoms with Crippen LogP contribution in [0.5, 0.6) is 11.5 Å². The van der Waals surface area contributed by atoms with E-state index in [0.717, 1.165) is 10.6 Å². The van der Waals surface area contributed by atoms with Gasteiger partial charge in [0.25, 0.3) is 0 Å². The third kappa shape index (κ3) is 4.15. The largest absolute Gasteiger partial charge is 0.454 e. The van der Waals surface area contributed by atoms with Gasteiger partial charge in [0.2, 0.25) is 22.7 Å². The summed E-state index contributed by atoms with van der Waals surface area (Å²) in [5, 5.41) is 3.17. The fraction of sp³-hybridized carbons (Fsp3) is 0.188. The Balaban J connectivity index is 1.79. The Kier molecular flexibility index (Phi) is 4.73. The van der Waals surface area contributed by atoms with Crippen LogP contribution in [0.2, 0.25) is 5.02 Å². The number of nitrogens with one attached hydrogen (secondary N) is 1. The molecule has 0 aromatic heterocycles. The van der Waals surface area contributed by atoms with E-state index < -0.39 is 15.9 Å². The normalized spacial score (nSPS) is 12.7. The van der Waals surface area contributed by atoms with Crippen molar-refractivity contribution in [2.75, 3.05) is 29.2 Å². The molecule has 1 aliphatic rings. The highest BCUT2D eigenvalue weighted by atomic mass is 35.5. The smallest absolute Gasteiger partial charge is 0.245 e. The van der Waals surface area contributed by atoms with Crippen molar-refractivity contribution in [3.63, 3.8) is 0 Å². The summed E-state index contributed by atoms with van der Waals surface area (Å²) in [5.74, 6) is 0.484. The number of rotatable bonds is 5. The van der Waals surface area contributed by atoms with Gasteiger partial charge in [-0.25, -0.2) is 8.42 Å². The molecule has 0 saturated carbocycles.